The number of nitrogens with zero attached hydrogens (tertiary/aromatic N) is 2. The average Bonchev–Trinajstić information content (AvgIpc) is 2.86. The molecule has 2 heterocycles. The van der Waals surface area contributed by atoms with Crippen molar-refractivity contribution in [2.24, 2.45) is 11.7 Å². The number of nitrogens with two attached hydrogens (primary N) is 1. The van der Waals surface area contributed by atoms with Crippen molar-refractivity contribution >= 4 is 17.2 Å². The molecule has 1 amide bonds. The lowest BCUT2D eigenvalue weighted by Crippen LogP contribution is -2.41. The van der Waals surface area contributed by atoms with Gasteiger partial charge in [-0.3, -0.25) is 4.79 Å². The van der Waals surface area contributed by atoms with Crippen molar-refractivity contribution in [3.8, 4) is 0 Å². The van der Waals surface area contributed by atoms with Crippen LogP contribution in [-0.2, 0) is 16.1 Å². The van der Waals surface area contributed by atoms with Gasteiger partial charge in [-0.25, -0.2) is 4.98 Å². The van der Waals surface area contributed by atoms with E-state index >= 15 is 0 Å². The summed E-state index contributed by atoms with van der Waals surface area (Å²) < 4.78 is 5.21. The predicted molar refractivity (Wildman–Crippen MR) is 65.6 cm³/mol. The van der Waals surface area contributed by atoms with Crippen molar-refractivity contribution in [1.29, 1.82) is 0 Å². The Balaban J connectivity index is 1.95. The molecule has 2 atom stereocenters. The number of carbonyl (C=O) groups is 1. The van der Waals surface area contributed by atoms with Gasteiger partial charge in [0.25, 0.3) is 0 Å². The number of hydrogen-bond donors (Lipinski definition) is 1. The standard InChI is InChI=1S/C11H17N3O2S/c1-7-13-8(6-17-7)3-14(2)11(15)9-4-16-5-10(9)12/h6,9-10H,3-5,12H2,1-2H3. The Morgan fingerprint density at radius 2 is 2.47 bits per heavy atom. The number of ether oxygens (including phenoxy) is 1. The van der Waals surface area contributed by atoms with Gasteiger partial charge < -0.3 is 15.4 Å². The van der Waals surface area contributed by atoms with E-state index in [2.05, 4.69) is 4.98 Å². The van der Waals surface area contributed by atoms with Crippen molar-refractivity contribution in [1.82, 2.24) is 9.88 Å². The van der Waals surface area contributed by atoms with Crippen molar-refractivity contribution in [2.75, 3.05) is 20.3 Å². The zero-order valence-electron chi connectivity index (χ0n) is 10.0. The van der Waals surface area contributed by atoms with Crippen LogP contribution in [0.15, 0.2) is 5.38 Å². The van der Waals surface area contributed by atoms with E-state index in [9.17, 15) is 4.79 Å². The highest BCUT2D eigenvalue weighted by Crippen LogP contribution is 2.16. The summed E-state index contributed by atoms with van der Waals surface area (Å²) in [5.74, 6) is -0.166. The highest BCUT2D eigenvalue weighted by Gasteiger charge is 2.33. The molecule has 0 radical (unpaired) electrons. The Morgan fingerprint density at radius 1 is 1.71 bits per heavy atom. The van der Waals surface area contributed by atoms with Gasteiger partial charge in [-0.2, -0.15) is 0 Å². The van der Waals surface area contributed by atoms with E-state index in [1.165, 1.54) is 0 Å². The van der Waals surface area contributed by atoms with Gasteiger partial charge in [-0.15, -0.1) is 11.3 Å². The Kier molecular flexibility index (Phi) is 3.76. The summed E-state index contributed by atoms with van der Waals surface area (Å²) in [4.78, 5) is 18.1. The van der Waals surface area contributed by atoms with Crippen LogP contribution in [0.5, 0.6) is 0 Å². The Labute approximate surface area is 105 Å². The number of aryl methyl sites for hydroxylation is 1. The van der Waals surface area contributed by atoms with Crippen LogP contribution in [-0.4, -0.2) is 42.1 Å². The molecule has 1 aliphatic heterocycles. The monoisotopic (exact) mass is 255 g/mol. The van der Waals surface area contributed by atoms with Crippen molar-refractivity contribution in [2.45, 2.75) is 19.5 Å². The van der Waals surface area contributed by atoms with Gasteiger partial charge in [0.2, 0.25) is 5.91 Å². The first-order valence-electron chi connectivity index (χ1n) is 5.57. The van der Waals surface area contributed by atoms with Crippen molar-refractivity contribution in [3.05, 3.63) is 16.1 Å². The molecule has 1 aromatic heterocycles. The first-order chi connectivity index (χ1) is 8.08. The molecule has 6 heteroatoms. The minimum absolute atomic E-state index is 0.0423. The quantitative estimate of drug-likeness (QED) is 0.848. The number of carbonyl (C=O) groups excluding carboxylic acids is 1. The van der Waals surface area contributed by atoms with E-state index in [1.54, 1.807) is 23.3 Å². The van der Waals surface area contributed by atoms with Gasteiger partial charge in [0.1, 0.15) is 0 Å². The maximum atomic E-state index is 12.1. The second kappa shape index (κ2) is 5.12. The summed E-state index contributed by atoms with van der Waals surface area (Å²) in [6.45, 7) is 3.39. The largest absolute Gasteiger partial charge is 0.379 e. The fraction of sp³-hybridized carbons (Fsp3) is 0.636. The number of amides is 1. The average molecular weight is 255 g/mol. The van der Waals surface area contributed by atoms with Crippen LogP contribution in [0.3, 0.4) is 0 Å². The molecule has 0 aliphatic carbocycles. The molecule has 1 aliphatic rings. The summed E-state index contributed by atoms with van der Waals surface area (Å²) in [6.07, 6.45) is 0. The molecule has 1 saturated heterocycles. The second-order valence-corrected chi connectivity index (χ2v) is 5.42. The lowest BCUT2D eigenvalue weighted by Gasteiger charge is -2.21. The number of hydrogen-bond acceptors (Lipinski definition) is 5. The molecule has 0 saturated carbocycles. The molecule has 2 rings (SSSR count). The third kappa shape index (κ3) is 2.83. The first-order valence-corrected chi connectivity index (χ1v) is 6.45. The second-order valence-electron chi connectivity index (χ2n) is 4.36. The van der Waals surface area contributed by atoms with E-state index in [0.717, 1.165) is 10.7 Å². The molecule has 0 spiro atoms. The Bertz CT molecular complexity index is 407. The topological polar surface area (TPSA) is 68.5 Å². The molecule has 5 nitrogen and oxygen atoms in total. The van der Waals surface area contributed by atoms with Crippen LogP contribution >= 0.6 is 11.3 Å². The molecular formula is C11H17N3O2S. The summed E-state index contributed by atoms with van der Waals surface area (Å²) in [5, 5.41) is 2.99. The van der Waals surface area contributed by atoms with Crippen molar-refractivity contribution in [3.63, 3.8) is 0 Å². The Hall–Kier alpha value is -0.980. The lowest BCUT2D eigenvalue weighted by molar-refractivity contribution is -0.135. The van der Waals surface area contributed by atoms with Gasteiger partial charge in [0, 0.05) is 18.5 Å². The smallest absolute Gasteiger partial charge is 0.229 e. The van der Waals surface area contributed by atoms with Gasteiger partial charge in [-0.05, 0) is 6.92 Å². The van der Waals surface area contributed by atoms with Crippen LogP contribution in [0.1, 0.15) is 10.7 Å². The molecule has 1 aromatic rings. The molecule has 17 heavy (non-hydrogen) atoms. The zero-order chi connectivity index (χ0) is 12.4. The fourth-order valence-corrected chi connectivity index (χ4v) is 2.51. The van der Waals surface area contributed by atoms with Gasteiger partial charge >= 0.3 is 0 Å². The highest BCUT2D eigenvalue weighted by molar-refractivity contribution is 7.09. The minimum Gasteiger partial charge on any atom is -0.379 e. The van der Waals surface area contributed by atoms with E-state index in [-0.39, 0.29) is 17.9 Å². The van der Waals surface area contributed by atoms with Gasteiger partial charge in [0.15, 0.2) is 0 Å². The SMILES string of the molecule is Cc1nc(CN(C)C(=O)C2COCC2N)cs1. The van der Waals surface area contributed by atoms with Crippen LogP contribution in [0.2, 0.25) is 0 Å². The zero-order valence-corrected chi connectivity index (χ0v) is 10.9. The van der Waals surface area contributed by atoms with Crippen LogP contribution in [0, 0.1) is 12.8 Å². The molecule has 0 aromatic carbocycles. The minimum atomic E-state index is -0.209. The van der Waals surface area contributed by atoms with E-state index in [1.807, 2.05) is 12.3 Å². The van der Waals surface area contributed by atoms with Crippen molar-refractivity contribution < 1.29 is 9.53 Å². The summed E-state index contributed by atoms with van der Waals surface area (Å²) in [6, 6.07) is -0.179. The molecule has 94 valence electrons. The third-order valence-electron chi connectivity index (χ3n) is 2.88. The summed E-state index contributed by atoms with van der Waals surface area (Å²) in [7, 11) is 1.78. The lowest BCUT2D eigenvalue weighted by atomic mass is 10.0. The number of aromatic nitrogens is 1. The van der Waals surface area contributed by atoms with Crippen LogP contribution in [0.25, 0.3) is 0 Å². The highest BCUT2D eigenvalue weighted by atomic mass is 32.1. The summed E-state index contributed by atoms with van der Waals surface area (Å²) in [5.41, 5.74) is 6.76. The fourth-order valence-electron chi connectivity index (χ4n) is 1.91. The predicted octanol–water partition coefficient (Wildman–Crippen LogP) is 0.384. The third-order valence-corrected chi connectivity index (χ3v) is 3.71. The molecule has 1 fully saturated rings. The summed E-state index contributed by atoms with van der Waals surface area (Å²) >= 11 is 1.59. The maximum Gasteiger partial charge on any atom is 0.229 e. The van der Waals surface area contributed by atoms with Gasteiger partial charge in [-0.1, -0.05) is 0 Å². The normalized spacial score (nSPS) is 23.9. The molecule has 0 bridgehead atoms. The van der Waals surface area contributed by atoms with Gasteiger partial charge in [0.05, 0.1) is 36.4 Å². The Morgan fingerprint density at radius 3 is 3.00 bits per heavy atom. The first kappa shape index (κ1) is 12.5. The van der Waals surface area contributed by atoms with E-state index in [4.69, 9.17) is 10.5 Å². The number of rotatable bonds is 3. The maximum absolute atomic E-state index is 12.1. The molecule has 2 N–H and O–H groups in total. The molecular weight excluding hydrogens is 238 g/mol. The van der Waals surface area contributed by atoms with E-state index in [0.29, 0.717) is 19.8 Å². The number of thiazole rings is 1. The van der Waals surface area contributed by atoms with Crippen LogP contribution in [0.4, 0.5) is 0 Å². The van der Waals surface area contributed by atoms with Crippen LogP contribution < -0.4 is 5.73 Å². The molecule has 2 unspecified atom stereocenters. The van der Waals surface area contributed by atoms with E-state index < -0.39 is 0 Å².